The van der Waals surface area contributed by atoms with Gasteiger partial charge in [0.15, 0.2) is 0 Å². The van der Waals surface area contributed by atoms with Gasteiger partial charge in [0.05, 0.1) is 18.7 Å². The molecular weight excluding hydrogens is 378 g/mol. The second kappa shape index (κ2) is 6.99. The van der Waals surface area contributed by atoms with Crippen molar-refractivity contribution in [1.82, 2.24) is 9.47 Å². The van der Waals surface area contributed by atoms with Crippen LogP contribution in [0.2, 0.25) is 0 Å². The number of ether oxygens (including phenoxy) is 1. The molecule has 0 aliphatic carbocycles. The Morgan fingerprint density at radius 2 is 1.62 bits per heavy atom. The SMILES string of the molecule is CC(C)(C)OC(=O)N1CC[C@H](n2c3ccc(F)cc3c3cc(F)ccc32)[C@@H](O)C1. The molecule has 1 aliphatic heterocycles. The van der Waals surface area contributed by atoms with E-state index < -0.39 is 29.4 Å². The number of fused-ring (bicyclic) bond motifs is 3. The van der Waals surface area contributed by atoms with Gasteiger partial charge >= 0.3 is 6.09 Å². The van der Waals surface area contributed by atoms with Crippen LogP contribution in [0.15, 0.2) is 36.4 Å². The number of hydrogen-bond donors (Lipinski definition) is 1. The first kappa shape index (κ1) is 19.6. The van der Waals surface area contributed by atoms with Crippen LogP contribution in [0.5, 0.6) is 0 Å². The second-order valence-corrected chi connectivity index (χ2v) is 8.54. The van der Waals surface area contributed by atoms with Crippen molar-refractivity contribution in [2.75, 3.05) is 13.1 Å². The summed E-state index contributed by atoms with van der Waals surface area (Å²) in [5.41, 5.74) is 0.836. The highest BCUT2D eigenvalue weighted by Gasteiger charge is 2.34. The van der Waals surface area contributed by atoms with E-state index in [0.29, 0.717) is 23.7 Å². The minimum Gasteiger partial charge on any atom is -0.444 e. The van der Waals surface area contributed by atoms with E-state index in [1.54, 1.807) is 32.9 Å². The van der Waals surface area contributed by atoms with Crippen LogP contribution in [0.25, 0.3) is 21.8 Å². The van der Waals surface area contributed by atoms with E-state index in [1.165, 1.54) is 29.2 Å². The van der Waals surface area contributed by atoms with Crippen molar-refractivity contribution >= 4 is 27.9 Å². The predicted molar refractivity (Wildman–Crippen MR) is 107 cm³/mol. The van der Waals surface area contributed by atoms with Crippen molar-refractivity contribution in [3.63, 3.8) is 0 Å². The third-order valence-corrected chi connectivity index (χ3v) is 5.26. The summed E-state index contributed by atoms with van der Waals surface area (Å²) in [5, 5.41) is 12.1. The number of halogens is 2. The number of amides is 1. The Bertz CT molecular complexity index is 1030. The molecule has 1 aliphatic rings. The van der Waals surface area contributed by atoms with Gasteiger partial charge in [-0.3, -0.25) is 0 Å². The lowest BCUT2D eigenvalue weighted by atomic mass is 10.0. The van der Waals surface area contributed by atoms with Crippen molar-refractivity contribution in [1.29, 1.82) is 0 Å². The van der Waals surface area contributed by atoms with E-state index in [9.17, 15) is 18.7 Å². The van der Waals surface area contributed by atoms with Gasteiger partial charge in [-0.1, -0.05) is 0 Å². The molecule has 4 rings (SSSR count). The molecule has 2 aromatic carbocycles. The lowest BCUT2D eigenvalue weighted by Crippen LogP contribution is -2.48. The Kier molecular flexibility index (Phi) is 4.73. The van der Waals surface area contributed by atoms with Crippen molar-refractivity contribution < 1.29 is 23.4 Å². The van der Waals surface area contributed by atoms with Crippen molar-refractivity contribution in [3.05, 3.63) is 48.0 Å². The molecule has 2 atom stereocenters. The Morgan fingerprint density at radius 3 is 2.10 bits per heavy atom. The number of likely N-dealkylation sites (tertiary alicyclic amines) is 1. The molecule has 1 fully saturated rings. The first-order valence-electron chi connectivity index (χ1n) is 9.69. The van der Waals surface area contributed by atoms with Gasteiger partial charge in [-0.05, 0) is 63.6 Å². The maximum absolute atomic E-state index is 13.9. The number of rotatable bonds is 1. The van der Waals surface area contributed by atoms with Gasteiger partial charge in [0.1, 0.15) is 17.2 Å². The number of aliphatic hydroxyl groups excluding tert-OH is 1. The highest BCUT2D eigenvalue weighted by atomic mass is 19.1. The van der Waals surface area contributed by atoms with E-state index in [1.807, 2.05) is 4.57 Å². The van der Waals surface area contributed by atoms with Gasteiger partial charge in [0, 0.05) is 28.4 Å². The van der Waals surface area contributed by atoms with Crippen LogP contribution in [0.3, 0.4) is 0 Å². The molecule has 0 spiro atoms. The summed E-state index contributed by atoms with van der Waals surface area (Å²) in [7, 11) is 0. The lowest BCUT2D eigenvalue weighted by Gasteiger charge is -2.37. The van der Waals surface area contributed by atoms with E-state index in [2.05, 4.69) is 0 Å². The number of aromatic nitrogens is 1. The van der Waals surface area contributed by atoms with Gasteiger partial charge in [-0.2, -0.15) is 0 Å². The smallest absolute Gasteiger partial charge is 0.410 e. The number of carbonyl (C=O) groups is 1. The average Bonchev–Trinajstić information content (AvgIpc) is 2.93. The predicted octanol–water partition coefficient (Wildman–Crippen LogP) is 4.62. The quantitative estimate of drug-likeness (QED) is 0.646. The molecule has 154 valence electrons. The van der Waals surface area contributed by atoms with E-state index in [4.69, 9.17) is 4.74 Å². The maximum Gasteiger partial charge on any atom is 0.410 e. The number of nitrogens with zero attached hydrogens (tertiary/aromatic N) is 2. The third-order valence-electron chi connectivity index (χ3n) is 5.26. The number of benzene rings is 2. The molecule has 1 N–H and O–H groups in total. The van der Waals surface area contributed by atoms with Crippen LogP contribution in [0, 0.1) is 11.6 Å². The zero-order chi connectivity index (χ0) is 20.9. The molecule has 1 amide bonds. The van der Waals surface area contributed by atoms with Gasteiger partial charge in [-0.15, -0.1) is 0 Å². The summed E-state index contributed by atoms with van der Waals surface area (Å²) in [6.07, 6.45) is -0.805. The van der Waals surface area contributed by atoms with Crippen molar-refractivity contribution in [2.45, 2.75) is 44.9 Å². The van der Waals surface area contributed by atoms with E-state index in [-0.39, 0.29) is 12.6 Å². The van der Waals surface area contributed by atoms with Crippen molar-refractivity contribution in [3.8, 4) is 0 Å². The van der Waals surface area contributed by atoms with Gasteiger partial charge in [-0.25, -0.2) is 13.6 Å². The van der Waals surface area contributed by atoms with E-state index in [0.717, 1.165) is 11.0 Å². The van der Waals surface area contributed by atoms with Gasteiger partial charge < -0.3 is 19.3 Å². The third kappa shape index (κ3) is 3.67. The standard InChI is InChI=1S/C22H24F2N2O3/c1-22(2,3)29-21(28)25-9-8-19(20(27)12-25)26-17-6-4-13(23)10-15(17)16-11-14(24)5-7-18(16)26/h4-7,10-11,19-20,27H,8-9,12H2,1-3H3/t19-,20-/m0/s1. The summed E-state index contributed by atoms with van der Waals surface area (Å²) in [4.78, 5) is 13.9. The molecule has 5 nitrogen and oxygen atoms in total. The monoisotopic (exact) mass is 402 g/mol. The maximum atomic E-state index is 13.9. The lowest BCUT2D eigenvalue weighted by molar-refractivity contribution is -0.00880. The minimum atomic E-state index is -0.842. The molecule has 0 radical (unpaired) electrons. The van der Waals surface area contributed by atoms with Gasteiger partial charge in [0.25, 0.3) is 0 Å². The minimum absolute atomic E-state index is 0.128. The highest BCUT2D eigenvalue weighted by Crippen LogP contribution is 2.36. The molecule has 0 bridgehead atoms. The van der Waals surface area contributed by atoms with Crippen molar-refractivity contribution in [2.24, 2.45) is 0 Å². The fourth-order valence-corrected chi connectivity index (χ4v) is 4.07. The molecule has 0 saturated carbocycles. The molecular formula is C22H24F2N2O3. The Labute approximate surface area is 167 Å². The van der Waals surface area contributed by atoms with Gasteiger partial charge in [0.2, 0.25) is 0 Å². The fourth-order valence-electron chi connectivity index (χ4n) is 4.07. The zero-order valence-corrected chi connectivity index (χ0v) is 16.7. The number of carbonyl (C=O) groups excluding carboxylic acids is 1. The van der Waals surface area contributed by atoms with Crippen LogP contribution >= 0.6 is 0 Å². The Morgan fingerprint density at radius 1 is 1.07 bits per heavy atom. The number of hydrogen-bond acceptors (Lipinski definition) is 3. The topological polar surface area (TPSA) is 54.7 Å². The molecule has 2 heterocycles. The van der Waals surface area contributed by atoms with Crippen LogP contribution in [0.4, 0.5) is 13.6 Å². The molecule has 0 unspecified atom stereocenters. The summed E-state index contributed by atoms with van der Waals surface area (Å²) in [6.45, 7) is 5.93. The number of aliphatic hydroxyl groups is 1. The zero-order valence-electron chi connectivity index (χ0n) is 16.7. The van der Waals surface area contributed by atoms with Crippen LogP contribution in [-0.4, -0.2) is 45.5 Å². The first-order chi connectivity index (χ1) is 13.6. The largest absolute Gasteiger partial charge is 0.444 e. The molecule has 3 aromatic rings. The summed E-state index contributed by atoms with van der Waals surface area (Å²) < 4.78 is 35.1. The van der Waals surface area contributed by atoms with Crippen LogP contribution in [0.1, 0.15) is 33.2 Å². The summed E-state index contributed by atoms with van der Waals surface area (Å²) in [6, 6.07) is 8.45. The average molecular weight is 402 g/mol. The summed E-state index contributed by atoms with van der Waals surface area (Å²) in [5.74, 6) is -0.804. The number of β-amino-alcohol motifs (C(OH)–C–C–N with tert-alkyl or cyclic N) is 1. The van der Waals surface area contributed by atoms with Crippen LogP contribution < -0.4 is 0 Å². The summed E-state index contributed by atoms with van der Waals surface area (Å²) >= 11 is 0. The normalized spacial score (nSPS) is 20.4. The Balaban J connectivity index is 1.71. The molecule has 1 saturated heterocycles. The highest BCUT2D eigenvalue weighted by molar-refractivity contribution is 6.08. The first-order valence-corrected chi connectivity index (χ1v) is 9.69. The number of piperidine rings is 1. The van der Waals surface area contributed by atoms with E-state index >= 15 is 0 Å². The molecule has 7 heteroatoms. The fraction of sp³-hybridized carbons (Fsp3) is 0.409. The Hall–Kier alpha value is -2.67. The molecule has 1 aromatic heterocycles. The van der Waals surface area contributed by atoms with Crippen LogP contribution in [-0.2, 0) is 4.74 Å². The second-order valence-electron chi connectivity index (χ2n) is 8.54. The molecule has 29 heavy (non-hydrogen) atoms.